The molecule has 0 aliphatic carbocycles. The van der Waals surface area contributed by atoms with E-state index in [0.29, 0.717) is 46.9 Å². The van der Waals surface area contributed by atoms with Gasteiger partial charge in [0.1, 0.15) is 17.3 Å². The highest BCUT2D eigenvalue weighted by molar-refractivity contribution is 7.99. The molecular weight excluding hydrogens is 501 g/mol. The fourth-order valence-corrected chi connectivity index (χ4v) is 4.21. The van der Waals surface area contributed by atoms with Gasteiger partial charge in [-0.2, -0.15) is 0 Å². The first-order valence-corrected chi connectivity index (χ1v) is 11.9. The van der Waals surface area contributed by atoms with Crippen LogP contribution < -0.4 is 10.1 Å². The average Bonchev–Trinajstić information content (AvgIpc) is 3.18. The van der Waals surface area contributed by atoms with Gasteiger partial charge in [0.05, 0.1) is 22.3 Å². The topological polar surface area (TPSA) is 112 Å². The molecule has 9 nitrogen and oxygen atoms in total. The molecule has 0 atom stereocenters. The predicted molar refractivity (Wildman–Crippen MR) is 133 cm³/mol. The molecule has 2 aromatic carbocycles. The molecule has 0 fully saturated rings. The third kappa shape index (κ3) is 6.96. The van der Waals surface area contributed by atoms with Gasteiger partial charge >= 0.3 is 0 Å². The number of thioether (sulfide) groups is 1. The second-order valence-corrected chi connectivity index (χ2v) is 8.72. The van der Waals surface area contributed by atoms with Crippen molar-refractivity contribution in [3.8, 4) is 5.75 Å². The van der Waals surface area contributed by atoms with Crippen molar-refractivity contribution in [3.05, 3.63) is 81.1 Å². The van der Waals surface area contributed by atoms with Crippen LogP contribution in [0.15, 0.2) is 60.3 Å². The molecule has 1 aromatic heterocycles. The van der Waals surface area contributed by atoms with Crippen LogP contribution in [-0.2, 0) is 17.8 Å². The third-order valence-electron chi connectivity index (χ3n) is 4.51. The zero-order chi connectivity index (χ0) is 24.5. The van der Waals surface area contributed by atoms with E-state index in [1.807, 2.05) is 4.57 Å². The van der Waals surface area contributed by atoms with Gasteiger partial charge in [-0.25, -0.2) is 0 Å². The van der Waals surface area contributed by atoms with Gasteiger partial charge < -0.3 is 14.6 Å². The van der Waals surface area contributed by atoms with Crippen LogP contribution in [0.1, 0.15) is 12.2 Å². The zero-order valence-electron chi connectivity index (χ0n) is 17.9. The highest BCUT2D eigenvalue weighted by Crippen LogP contribution is 2.28. The molecular formula is C22H21Cl2N5O4S. The third-order valence-corrected chi connectivity index (χ3v) is 6.01. The van der Waals surface area contributed by atoms with Gasteiger partial charge in [-0.05, 0) is 30.7 Å². The number of aryl methyl sites for hydroxylation is 1. The Labute approximate surface area is 210 Å². The van der Waals surface area contributed by atoms with Crippen LogP contribution in [0, 0.1) is 10.1 Å². The highest BCUT2D eigenvalue weighted by Gasteiger charge is 2.17. The lowest BCUT2D eigenvalue weighted by Gasteiger charge is -2.10. The summed E-state index contributed by atoms with van der Waals surface area (Å²) in [5.41, 5.74) is -0.0211. The molecule has 178 valence electrons. The minimum Gasteiger partial charge on any atom is -0.492 e. The number of nitro benzene ring substituents is 1. The summed E-state index contributed by atoms with van der Waals surface area (Å²) in [5.74, 6) is 0.911. The number of benzene rings is 2. The maximum absolute atomic E-state index is 12.4. The first-order chi connectivity index (χ1) is 16.4. The second kappa shape index (κ2) is 12.4. The molecule has 0 bridgehead atoms. The van der Waals surface area contributed by atoms with Crippen molar-refractivity contribution in [3.63, 3.8) is 0 Å². The van der Waals surface area contributed by atoms with E-state index < -0.39 is 4.92 Å². The molecule has 3 rings (SSSR count). The Hall–Kier alpha value is -3.08. The molecule has 34 heavy (non-hydrogen) atoms. The number of carbonyl (C=O) groups is 1. The summed E-state index contributed by atoms with van der Waals surface area (Å²) in [4.78, 5) is 22.9. The van der Waals surface area contributed by atoms with E-state index in [1.54, 1.807) is 30.3 Å². The number of amides is 1. The van der Waals surface area contributed by atoms with E-state index in [2.05, 4.69) is 22.1 Å². The Balaban J connectivity index is 1.55. The molecule has 0 aliphatic rings. The van der Waals surface area contributed by atoms with Crippen LogP contribution in [0.3, 0.4) is 0 Å². The Morgan fingerprint density at radius 3 is 2.79 bits per heavy atom. The molecule has 0 saturated heterocycles. The number of rotatable bonds is 12. The van der Waals surface area contributed by atoms with Gasteiger partial charge in [-0.3, -0.25) is 14.9 Å². The van der Waals surface area contributed by atoms with Crippen molar-refractivity contribution in [2.45, 2.75) is 24.5 Å². The lowest BCUT2D eigenvalue weighted by Crippen LogP contribution is -2.15. The number of hydrogen-bond donors (Lipinski definition) is 1. The number of nitrogens with zero attached hydrogens (tertiary/aromatic N) is 4. The van der Waals surface area contributed by atoms with E-state index in [-0.39, 0.29) is 23.0 Å². The largest absolute Gasteiger partial charge is 0.492 e. The van der Waals surface area contributed by atoms with Crippen molar-refractivity contribution < 1.29 is 14.5 Å². The summed E-state index contributed by atoms with van der Waals surface area (Å²) in [7, 11) is 0. The maximum Gasteiger partial charge on any atom is 0.292 e. The van der Waals surface area contributed by atoms with E-state index >= 15 is 0 Å². The van der Waals surface area contributed by atoms with Gasteiger partial charge in [0.2, 0.25) is 5.91 Å². The molecule has 1 heterocycles. The smallest absolute Gasteiger partial charge is 0.292 e. The van der Waals surface area contributed by atoms with Crippen molar-refractivity contribution in [1.82, 2.24) is 14.8 Å². The summed E-state index contributed by atoms with van der Waals surface area (Å²) in [6.45, 7) is 4.66. The number of anilines is 1. The Morgan fingerprint density at radius 1 is 1.26 bits per heavy atom. The molecule has 3 aromatic rings. The minimum atomic E-state index is -0.541. The van der Waals surface area contributed by atoms with Crippen LogP contribution in [0.25, 0.3) is 0 Å². The van der Waals surface area contributed by atoms with E-state index in [0.717, 1.165) is 5.82 Å². The van der Waals surface area contributed by atoms with Gasteiger partial charge in [-0.1, -0.05) is 53.2 Å². The van der Waals surface area contributed by atoms with Gasteiger partial charge in [0, 0.05) is 24.1 Å². The quantitative estimate of drug-likeness (QED) is 0.111. The fourth-order valence-electron chi connectivity index (χ4n) is 2.98. The van der Waals surface area contributed by atoms with Crippen molar-refractivity contribution >= 4 is 52.2 Å². The summed E-state index contributed by atoms with van der Waals surface area (Å²) in [5, 5.41) is 23.6. The normalized spacial score (nSPS) is 10.6. The number of para-hydroxylation sites is 2. The number of ether oxygens (including phenoxy) is 1. The van der Waals surface area contributed by atoms with Gasteiger partial charge in [-0.15, -0.1) is 16.8 Å². The van der Waals surface area contributed by atoms with Gasteiger partial charge in [0.25, 0.3) is 5.69 Å². The SMILES string of the molecule is C=CCn1c(CCCOc2ccc(Cl)cc2Cl)nnc1SCC(=O)Nc1ccccc1[N+](=O)[O-]. The first kappa shape index (κ1) is 25.5. The zero-order valence-corrected chi connectivity index (χ0v) is 20.3. The summed E-state index contributed by atoms with van der Waals surface area (Å²) in [6.07, 6.45) is 2.97. The average molecular weight is 522 g/mol. The van der Waals surface area contributed by atoms with Crippen molar-refractivity contribution in [1.29, 1.82) is 0 Å². The molecule has 0 saturated carbocycles. The molecule has 0 unspecified atom stereocenters. The monoisotopic (exact) mass is 521 g/mol. The Bertz CT molecular complexity index is 1190. The lowest BCUT2D eigenvalue weighted by molar-refractivity contribution is -0.383. The summed E-state index contributed by atoms with van der Waals surface area (Å²) in [6, 6.07) is 11.0. The number of nitrogens with one attached hydrogen (secondary N) is 1. The van der Waals surface area contributed by atoms with Crippen molar-refractivity contribution in [2.24, 2.45) is 0 Å². The van der Waals surface area contributed by atoms with Crippen LogP contribution in [0.5, 0.6) is 5.75 Å². The molecule has 1 amide bonds. The Kier molecular flexibility index (Phi) is 9.32. The fraction of sp³-hybridized carbons (Fsp3) is 0.227. The second-order valence-electron chi connectivity index (χ2n) is 6.94. The molecule has 0 radical (unpaired) electrons. The number of aromatic nitrogens is 3. The number of carbonyl (C=O) groups excluding carboxylic acids is 1. The first-order valence-electron chi connectivity index (χ1n) is 10.2. The number of halogens is 2. The summed E-state index contributed by atoms with van der Waals surface area (Å²) < 4.78 is 7.57. The number of allylic oxidation sites excluding steroid dienone is 1. The van der Waals surface area contributed by atoms with Crippen LogP contribution >= 0.6 is 35.0 Å². The number of nitro groups is 1. The number of hydrogen-bond acceptors (Lipinski definition) is 7. The van der Waals surface area contributed by atoms with E-state index in [9.17, 15) is 14.9 Å². The molecule has 12 heteroatoms. The minimum absolute atomic E-state index is 0.0134. The highest BCUT2D eigenvalue weighted by atomic mass is 35.5. The van der Waals surface area contributed by atoms with Crippen LogP contribution in [0.2, 0.25) is 10.0 Å². The maximum atomic E-state index is 12.4. The molecule has 0 aliphatic heterocycles. The van der Waals surface area contributed by atoms with E-state index in [1.165, 1.54) is 30.0 Å². The lowest BCUT2D eigenvalue weighted by atomic mass is 10.2. The predicted octanol–water partition coefficient (Wildman–Crippen LogP) is 5.42. The molecule has 1 N–H and O–H groups in total. The summed E-state index contributed by atoms with van der Waals surface area (Å²) >= 11 is 13.2. The molecule has 0 spiro atoms. The standard InChI is InChI=1S/C22H21Cl2N5O4S/c1-2-11-28-20(8-5-12-33-19-10-9-15(23)13-16(19)24)26-27-22(28)34-14-21(30)25-17-6-3-4-7-18(17)29(31)32/h2-4,6-7,9-10,13H,1,5,8,11-12,14H2,(H,25,30). The van der Waals surface area contributed by atoms with Crippen molar-refractivity contribution in [2.75, 3.05) is 17.7 Å². The van der Waals surface area contributed by atoms with Gasteiger partial charge in [0.15, 0.2) is 5.16 Å². The van der Waals surface area contributed by atoms with E-state index in [4.69, 9.17) is 27.9 Å². The van der Waals surface area contributed by atoms with Crippen LogP contribution in [0.4, 0.5) is 11.4 Å². The Morgan fingerprint density at radius 2 is 2.06 bits per heavy atom. The van der Waals surface area contributed by atoms with Crippen LogP contribution in [-0.4, -0.2) is 38.0 Å².